The summed E-state index contributed by atoms with van der Waals surface area (Å²) in [6.45, 7) is 1.99. The van der Waals surface area contributed by atoms with Crippen LogP contribution in [0.2, 0.25) is 0 Å². The van der Waals surface area contributed by atoms with Crippen LogP contribution in [0.4, 0.5) is 16.2 Å². The molecule has 0 heterocycles. The highest BCUT2D eigenvalue weighted by Gasteiger charge is 2.13. The van der Waals surface area contributed by atoms with Crippen LogP contribution in [0, 0.1) is 6.92 Å². The lowest BCUT2D eigenvalue weighted by Gasteiger charge is -2.16. The van der Waals surface area contributed by atoms with Crippen molar-refractivity contribution in [3.8, 4) is 11.5 Å². The van der Waals surface area contributed by atoms with E-state index in [4.69, 9.17) is 15.6 Å². The standard InChI is InChI=1S/C15H16N2O3/c1-10-3-5-11(6-4-10)20-12-7-8-13(16)14(9-12)17(2)15(18)19/h3-9H,16H2,1-2H3,(H,18,19). The van der Waals surface area contributed by atoms with Gasteiger partial charge in [0.1, 0.15) is 11.5 Å². The highest BCUT2D eigenvalue weighted by Crippen LogP contribution is 2.30. The number of carbonyl (C=O) groups is 1. The molecule has 0 aliphatic heterocycles. The molecule has 0 spiro atoms. The van der Waals surface area contributed by atoms with E-state index in [-0.39, 0.29) is 0 Å². The number of ether oxygens (including phenoxy) is 1. The fourth-order valence-electron chi connectivity index (χ4n) is 1.72. The van der Waals surface area contributed by atoms with Crippen molar-refractivity contribution in [1.82, 2.24) is 0 Å². The molecular weight excluding hydrogens is 256 g/mol. The van der Waals surface area contributed by atoms with Gasteiger partial charge in [-0.3, -0.25) is 4.90 Å². The number of rotatable bonds is 3. The predicted molar refractivity (Wildman–Crippen MR) is 78.5 cm³/mol. The number of carboxylic acid groups (broad SMARTS) is 1. The molecule has 5 nitrogen and oxygen atoms in total. The van der Waals surface area contributed by atoms with Crippen LogP contribution in [0.25, 0.3) is 0 Å². The number of nitrogens with two attached hydrogens (primary N) is 1. The molecule has 2 aromatic carbocycles. The van der Waals surface area contributed by atoms with Crippen LogP contribution in [0.1, 0.15) is 5.56 Å². The van der Waals surface area contributed by atoms with Gasteiger partial charge in [0, 0.05) is 13.1 Å². The summed E-state index contributed by atoms with van der Waals surface area (Å²) in [5, 5.41) is 9.00. The topological polar surface area (TPSA) is 75.8 Å². The highest BCUT2D eigenvalue weighted by molar-refractivity contribution is 5.90. The molecule has 0 aromatic heterocycles. The summed E-state index contributed by atoms with van der Waals surface area (Å²) in [6, 6.07) is 12.5. The smallest absolute Gasteiger partial charge is 0.411 e. The van der Waals surface area contributed by atoms with Gasteiger partial charge in [-0.1, -0.05) is 17.7 Å². The lowest BCUT2D eigenvalue weighted by molar-refractivity contribution is 0.203. The molecular formula is C15H16N2O3. The summed E-state index contributed by atoms with van der Waals surface area (Å²) >= 11 is 0. The number of aryl methyl sites for hydroxylation is 1. The summed E-state index contributed by atoms with van der Waals surface area (Å²) < 4.78 is 5.68. The van der Waals surface area contributed by atoms with Crippen LogP contribution in [0.5, 0.6) is 11.5 Å². The minimum atomic E-state index is -1.08. The zero-order valence-electron chi connectivity index (χ0n) is 11.3. The maximum Gasteiger partial charge on any atom is 0.411 e. The van der Waals surface area contributed by atoms with Crippen LogP contribution < -0.4 is 15.4 Å². The van der Waals surface area contributed by atoms with Crippen molar-refractivity contribution >= 4 is 17.5 Å². The maximum absolute atomic E-state index is 11.0. The minimum Gasteiger partial charge on any atom is -0.465 e. The van der Waals surface area contributed by atoms with E-state index in [1.807, 2.05) is 31.2 Å². The van der Waals surface area contributed by atoms with Gasteiger partial charge in [-0.15, -0.1) is 0 Å². The molecule has 0 saturated heterocycles. The number of nitrogen functional groups attached to an aromatic ring is 1. The Morgan fingerprint density at radius 3 is 2.35 bits per heavy atom. The van der Waals surface area contributed by atoms with E-state index in [1.54, 1.807) is 18.2 Å². The summed E-state index contributed by atoms with van der Waals surface area (Å²) in [7, 11) is 1.43. The van der Waals surface area contributed by atoms with Crippen molar-refractivity contribution < 1.29 is 14.6 Å². The van der Waals surface area contributed by atoms with E-state index < -0.39 is 6.09 Å². The van der Waals surface area contributed by atoms with E-state index in [9.17, 15) is 4.79 Å². The minimum absolute atomic E-state index is 0.381. The second-order valence-electron chi connectivity index (χ2n) is 4.48. The SMILES string of the molecule is Cc1ccc(Oc2ccc(N)c(N(C)C(=O)O)c2)cc1. The van der Waals surface area contributed by atoms with Crippen molar-refractivity contribution in [2.45, 2.75) is 6.92 Å². The Morgan fingerprint density at radius 1 is 1.15 bits per heavy atom. The number of benzene rings is 2. The monoisotopic (exact) mass is 272 g/mol. The molecule has 0 aliphatic rings. The largest absolute Gasteiger partial charge is 0.465 e. The predicted octanol–water partition coefficient (Wildman–Crippen LogP) is 3.48. The molecule has 2 rings (SSSR count). The van der Waals surface area contributed by atoms with E-state index in [0.29, 0.717) is 22.9 Å². The molecule has 20 heavy (non-hydrogen) atoms. The van der Waals surface area contributed by atoms with Crippen LogP contribution in [0.15, 0.2) is 42.5 Å². The molecule has 0 radical (unpaired) electrons. The van der Waals surface area contributed by atoms with Crippen molar-refractivity contribution in [2.75, 3.05) is 17.7 Å². The molecule has 0 bridgehead atoms. The number of hydrogen-bond acceptors (Lipinski definition) is 3. The Balaban J connectivity index is 2.27. The maximum atomic E-state index is 11.0. The quantitative estimate of drug-likeness (QED) is 0.839. The van der Waals surface area contributed by atoms with Gasteiger partial charge < -0.3 is 15.6 Å². The Morgan fingerprint density at radius 2 is 1.75 bits per heavy atom. The first-order chi connectivity index (χ1) is 9.47. The van der Waals surface area contributed by atoms with Gasteiger partial charge in [-0.05, 0) is 31.2 Å². The molecule has 3 N–H and O–H groups in total. The Bertz CT molecular complexity index is 624. The molecule has 0 saturated carbocycles. The Kier molecular flexibility index (Phi) is 3.79. The van der Waals surface area contributed by atoms with Gasteiger partial charge in [0.05, 0.1) is 11.4 Å². The molecule has 0 aliphatic carbocycles. The number of hydrogen-bond donors (Lipinski definition) is 2. The van der Waals surface area contributed by atoms with Gasteiger partial charge in [-0.2, -0.15) is 0 Å². The lowest BCUT2D eigenvalue weighted by atomic mass is 10.2. The zero-order valence-corrected chi connectivity index (χ0v) is 11.3. The summed E-state index contributed by atoms with van der Waals surface area (Å²) in [4.78, 5) is 12.0. The fraction of sp³-hybridized carbons (Fsp3) is 0.133. The fourth-order valence-corrected chi connectivity index (χ4v) is 1.72. The molecule has 1 amide bonds. The average molecular weight is 272 g/mol. The number of nitrogens with zero attached hydrogens (tertiary/aromatic N) is 1. The third-order valence-electron chi connectivity index (χ3n) is 2.91. The van der Waals surface area contributed by atoms with Gasteiger partial charge in [0.2, 0.25) is 0 Å². The van der Waals surface area contributed by atoms with Crippen LogP contribution >= 0.6 is 0 Å². The Labute approximate surface area is 117 Å². The summed E-state index contributed by atoms with van der Waals surface area (Å²) in [5.41, 5.74) is 7.69. The van der Waals surface area contributed by atoms with E-state index in [0.717, 1.165) is 10.5 Å². The second-order valence-corrected chi connectivity index (χ2v) is 4.48. The second kappa shape index (κ2) is 5.52. The van der Waals surface area contributed by atoms with E-state index >= 15 is 0 Å². The van der Waals surface area contributed by atoms with Gasteiger partial charge in [0.25, 0.3) is 0 Å². The number of anilines is 2. The molecule has 0 fully saturated rings. The van der Waals surface area contributed by atoms with Gasteiger partial charge in [0.15, 0.2) is 0 Å². The Hall–Kier alpha value is -2.69. The lowest BCUT2D eigenvalue weighted by Crippen LogP contribution is -2.24. The van der Waals surface area contributed by atoms with Crippen molar-refractivity contribution in [3.05, 3.63) is 48.0 Å². The summed E-state index contributed by atoms with van der Waals surface area (Å²) in [5.74, 6) is 1.22. The normalized spacial score (nSPS) is 10.1. The van der Waals surface area contributed by atoms with Crippen molar-refractivity contribution in [1.29, 1.82) is 0 Å². The average Bonchev–Trinajstić information content (AvgIpc) is 2.42. The molecule has 104 valence electrons. The first-order valence-corrected chi connectivity index (χ1v) is 6.08. The van der Waals surface area contributed by atoms with Gasteiger partial charge in [-0.25, -0.2) is 4.79 Å². The van der Waals surface area contributed by atoms with E-state index in [1.165, 1.54) is 7.05 Å². The summed E-state index contributed by atoms with van der Waals surface area (Å²) in [6.07, 6.45) is -1.08. The van der Waals surface area contributed by atoms with Crippen LogP contribution in [-0.4, -0.2) is 18.2 Å². The highest BCUT2D eigenvalue weighted by atomic mass is 16.5. The third kappa shape index (κ3) is 3.00. The van der Waals surface area contributed by atoms with Crippen LogP contribution in [-0.2, 0) is 0 Å². The van der Waals surface area contributed by atoms with Gasteiger partial charge >= 0.3 is 6.09 Å². The first kappa shape index (κ1) is 13.7. The first-order valence-electron chi connectivity index (χ1n) is 6.08. The molecule has 2 aromatic rings. The van der Waals surface area contributed by atoms with E-state index in [2.05, 4.69) is 0 Å². The van der Waals surface area contributed by atoms with Crippen molar-refractivity contribution in [2.24, 2.45) is 0 Å². The number of amides is 1. The molecule has 0 unspecified atom stereocenters. The molecule has 5 heteroatoms. The van der Waals surface area contributed by atoms with Crippen molar-refractivity contribution in [3.63, 3.8) is 0 Å². The van der Waals surface area contributed by atoms with Crippen LogP contribution in [0.3, 0.4) is 0 Å². The zero-order chi connectivity index (χ0) is 14.7. The molecule has 0 atom stereocenters. The third-order valence-corrected chi connectivity index (χ3v) is 2.91.